The minimum absolute atomic E-state index is 0.0718. The molecular formula is C21H33N3O3. The van der Waals surface area contributed by atoms with E-state index in [1.54, 1.807) is 7.11 Å². The second kappa shape index (κ2) is 10.4. The zero-order chi connectivity index (χ0) is 18.9. The van der Waals surface area contributed by atoms with Crippen LogP contribution < -0.4 is 14.8 Å². The van der Waals surface area contributed by atoms with Crippen LogP contribution in [0.25, 0.3) is 0 Å². The second-order valence-corrected chi connectivity index (χ2v) is 7.58. The maximum Gasteiger partial charge on any atom is 0.317 e. The van der Waals surface area contributed by atoms with Crippen LogP contribution in [0.15, 0.2) is 24.3 Å². The normalized spacial score (nSPS) is 20.5. The van der Waals surface area contributed by atoms with Crippen LogP contribution in [0.3, 0.4) is 0 Å². The van der Waals surface area contributed by atoms with Crippen molar-refractivity contribution in [2.24, 2.45) is 5.92 Å². The summed E-state index contributed by atoms with van der Waals surface area (Å²) < 4.78 is 11.2. The van der Waals surface area contributed by atoms with Crippen LogP contribution in [0.5, 0.6) is 11.5 Å². The Morgan fingerprint density at radius 3 is 2.81 bits per heavy atom. The molecule has 6 nitrogen and oxygen atoms in total. The van der Waals surface area contributed by atoms with E-state index in [-0.39, 0.29) is 6.03 Å². The summed E-state index contributed by atoms with van der Waals surface area (Å²) in [5.41, 5.74) is 0. The fourth-order valence-corrected chi connectivity index (χ4v) is 3.91. The average Bonchev–Trinajstić information content (AvgIpc) is 3.23. The number of piperidine rings is 1. The van der Waals surface area contributed by atoms with Crippen molar-refractivity contribution in [2.45, 2.75) is 32.1 Å². The Bertz CT molecular complexity index is 590. The molecule has 2 saturated heterocycles. The zero-order valence-corrected chi connectivity index (χ0v) is 16.5. The lowest BCUT2D eigenvalue weighted by Crippen LogP contribution is -2.47. The highest BCUT2D eigenvalue weighted by Gasteiger charge is 2.24. The molecule has 0 radical (unpaired) electrons. The smallest absolute Gasteiger partial charge is 0.317 e. The summed E-state index contributed by atoms with van der Waals surface area (Å²) >= 11 is 0. The third-order valence-electron chi connectivity index (χ3n) is 5.46. The minimum Gasteiger partial charge on any atom is -0.497 e. The standard InChI is InChI=1S/C21H33N3O3/c1-26-19-8-4-9-20(15-19)27-17-18-7-5-14-24(16-18)21(25)22-10-6-13-23-11-2-3-12-23/h4,8-9,15,18H,2-3,5-7,10-14,16-17H2,1H3,(H,22,25). The van der Waals surface area contributed by atoms with Crippen molar-refractivity contribution in [1.82, 2.24) is 15.1 Å². The Kier molecular flexibility index (Phi) is 7.63. The highest BCUT2D eigenvalue weighted by molar-refractivity contribution is 5.74. The minimum atomic E-state index is 0.0718. The van der Waals surface area contributed by atoms with Gasteiger partial charge < -0.3 is 24.6 Å². The summed E-state index contributed by atoms with van der Waals surface area (Å²) in [6.07, 6.45) is 5.80. The number of ether oxygens (including phenoxy) is 2. The number of carbonyl (C=O) groups is 1. The number of likely N-dealkylation sites (tertiary alicyclic amines) is 2. The van der Waals surface area contributed by atoms with Crippen LogP contribution >= 0.6 is 0 Å². The lowest BCUT2D eigenvalue weighted by Gasteiger charge is -2.32. The van der Waals surface area contributed by atoms with E-state index < -0.39 is 0 Å². The summed E-state index contributed by atoms with van der Waals surface area (Å²) in [5.74, 6) is 1.99. The van der Waals surface area contributed by atoms with Gasteiger partial charge in [-0.15, -0.1) is 0 Å². The van der Waals surface area contributed by atoms with E-state index in [2.05, 4.69) is 10.2 Å². The van der Waals surface area contributed by atoms with Crippen LogP contribution in [-0.2, 0) is 0 Å². The van der Waals surface area contributed by atoms with Crippen molar-refractivity contribution in [3.63, 3.8) is 0 Å². The molecule has 1 N–H and O–H groups in total. The number of nitrogens with one attached hydrogen (secondary N) is 1. The molecular weight excluding hydrogens is 342 g/mol. The summed E-state index contributed by atoms with van der Waals surface area (Å²) in [4.78, 5) is 16.9. The molecule has 3 rings (SSSR count). The predicted molar refractivity (Wildman–Crippen MR) is 106 cm³/mol. The first-order valence-electron chi connectivity index (χ1n) is 10.3. The number of nitrogens with zero attached hydrogens (tertiary/aromatic N) is 2. The van der Waals surface area contributed by atoms with Crippen LogP contribution in [0.2, 0.25) is 0 Å². The molecule has 2 aliphatic heterocycles. The Hall–Kier alpha value is -1.95. The molecule has 6 heteroatoms. The monoisotopic (exact) mass is 375 g/mol. The first-order chi connectivity index (χ1) is 13.2. The number of benzene rings is 1. The Balaban J connectivity index is 1.35. The lowest BCUT2D eigenvalue weighted by molar-refractivity contribution is 0.137. The second-order valence-electron chi connectivity index (χ2n) is 7.58. The lowest BCUT2D eigenvalue weighted by atomic mass is 9.99. The molecule has 150 valence electrons. The molecule has 2 amide bonds. The van der Waals surface area contributed by atoms with E-state index in [4.69, 9.17) is 9.47 Å². The molecule has 0 bridgehead atoms. The largest absolute Gasteiger partial charge is 0.497 e. The van der Waals surface area contributed by atoms with Crippen LogP contribution in [0.1, 0.15) is 32.1 Å². The Labute approximate surface area is 162 Å². The molecule has 2 heterocycles. The molecule has 27 heavy (non-hydrogen) atoms. The fraction of sp³-hybridized carbons (Fsp3) is 0.667. The van der Waals surface area contributed by atoms with Gasteiger partial charge in [0.2, 0.25) is 0 Å². The average molecular weight is 376 g/mol. The van der Waals surface area contributed by atoms with E-state index in [0.717, 1.165) is 56.9 Å². The van der Waals surface area contributed by atoms with Gasteiger partial charge >= 0.3 is 6.03 Å². The summed E-state index contributed by atoms with van der Waals surface area (Å²) in [6.45, 7) is 6.53. The highest BCUT2D eigenvalue weighted by Crippen LogP contribution is 2.22. The van der Waals surface area contributed by atoms with Gasteiger partial charge in [-0.05, 0) is 63.9 Å². The van der Waals surface area contributed by atoms with Crippen molar-refractivity contribution in [3.8, 4) is 11.5 Å². The van der Waals surface area contributed by atoms with Gasteiger partial charge in [0.15, 0.2) is 0 Å². The summed E-state index contributed by atoms with van der Waals surface area (Å²) in [6, 6.07) is 7.74. The molecule has 0 aromatic heterocycles. The van der Waals surface area contributed by atoms with Gasteiger partial charge in [-0.1, -0.05) is 6.07 Å². The van der Waals surface area contributed by atoms with Gasteiger partial charge in [-0.25, -0.2) is 4.79 Å². The molecule has 2 fully saturated rings. The molecule has 1 aromatic rings. The van der Waals surface area contributed by atoms with Gasteiger partial charge in [-0.3, -0.25) is 0 Å². The number of hydrogen-bond acceptors (Lipinski definition) is 4. The predicted octanol–water partition coefficient (Wildman–Crippen LogP) is 2.98. The van der Waals surface area contributed by atoms with E-state index >= 15 is 0 Å². The van der Waals surface area contributed by atoms with Crippen molar-refractivity contribution in [2.75, 3.05) is 53.0 Å². The Morgan fingerprint density at radius 1 is 1.19 bits per heavy atom. The first kappa shape index (κ1) is 19.8. The molecule has 0 aliphatic carbocycles. The number of hydrogen-bond donors (Lipinski definition) is 1. The molecule has 1 unspecified atom stereocenters. The topological polar surface area (TPSA) is 54.0 Å². The molecule has 1 aromatic carbocycles. The van der Waals surface area contributed by atoms with E-state index in [1.165, 1.54) is 25.9 Å². The molecule has 0 spiro atoms. The number of rotatable bonds is 8. The van der Waals surface area contributed by atoms with Gasteiger partial charge in [0, 0.05) is 31.6 Å². The van der Waals surface area contributed by atoms with Gasteiger partial charge in [-0.2, -0.15) is 0 Å². The van der Waals surface area contributed by atoms with E-state index in [9.17, 15) is 4.79 Å². The quantitative estimate of drug-likeness (QED) is 0.710. The highest BCUT2D eigenvalue weighted by atomic mass is 16.5. The first-order valence-corrected chi connectivity index (χ1v) is 10.3. The number of urea groups is 1. The maximum atomic E-state index is 12.4. The number of carbonyl (C=O) groups excluding carboxylic acids is 1. The number of methoxy groups -OCH3 is 1. The summed E-state index contributed by atoms with van der Waals surface area (Å²) in [7, 11) is 1.65. The Morgan fingerprint density at radius 2 is 2.00 bits per heavy atom. The number of amides is 2. The van der Waals surface area contributed by atoms with Crippen LogP contribution in [-0.4, -0.2) is 68.8 Å². The van der Waals surface area contributed by atoms with E-state index in [1.807, 2.05) is 29.2 Å². The molecule has 2 aliphatic rings. The van der Waals surface area contributed by atoms with Crippen LogP contribution in [0.4, 0.5) is 4.79 Å². The van der Waals surface area contributed by atoms with Crippen molar-refractivity contribution >= 4 is 6.03 Å². The third kappa shape index (κ3) is 6.31. The van der Waals surface area contributed by atoms with Crippen molar-refractivity contribution < 1.29 is 14.3 Å². The molecule has 1 atom stereocenters. The van der Waals surface area contributed by atoms with Crippen LogP contribution in [0, 0.1) is 5.92 Å². The third-order valence-corrected chi connectivity index (χ3v) is 5.46. The van der Waals surface area contributed by atoms with Gasteiger partial charge in [0.25, 0.3) is 0 Å². The zero-order valence-electron chi connectivity index (χ0n) is 16.5. The van der Waals surface area contributed by atoms with E-state index in [0.29, 0.717) is 12.5 Å². The summed E-state index contributed by atoms with van der Waals surface area (Å²) in [5, 5.41) is 3.09. The SMILES string of the molecule is COc1cccc(OCC2CCCN(C(=O)NCCCN3CCCC3)C2)c1. The van der Waals surface area contributed by atoms with Crippen molar-refractivity contribution in [3.05, 3.63) is 24.3 Å². The van der Waals surface area contributed by atoms with Gasteiger partial charge in [0.05, 0.1) is 13.7 Å². The van der Waals surface area contributed by atoms with Gasteiger partial charge in [0.1, 0.15) is 11.5 Å². The van der Waals surface area contributed by atoms with Crippen molar-refractivity contribution in [1.29, 1.82) is 0 Å². The molecule has 0 saturated carbocycles. The maximum absolute atomic E-state index is 12.4. The fourth-order valence-electron chi connectivity index (χ4n) is 3.91.